The number of imide groups is 1. The molecule has 0 aromatic rings. The van der Waals surface area contributed by atoms with Crippen LogP contribution in [0.5, 0.6) is 0 Å². The van der Waals surface area contributed by atoms with Crippen molar-refractivity contribution in [2.45, 2.75) is 33.1 Å². The van der Waals surface area contributed by atoms with Crippen LogP contribution in [0, 0.1) is 11.3 Å². The van der Waals surface area contributed by atoms with Crippen molar-refractivity contribution in [1.82, 2.24) is 5.32 Å². The second-order valence-electron chi connectivity index (χ2n) is 4.17. The van der Waals surface area contributed by atoms with Crippen molar-refractivity contribution in [3.05, 3.63) is 0 Å². The number of hydrogen-bond acceptors (Lipinski definition) is 2. The molecule has 0 saturated heterocycles. The molecular formula is C9H16N2O2. The number of carbonyl (C=O) groups is 2. The Labute approximate surface area is 77.9 Å². The van der Waals surface area contributed by atoms with E-state index >= 15 is 0 Å². The molecule has 3 N–H and O–H groups in total. The molecule has 1 aliphatic rings. The van der Waals surface area contributed by atoms with E-state index in [-0.39, 0.29) is 5.91 Å². The fourth-order valence-electron chi connectivity index (χ4n) is 1.59. The van der Waals surface area contributed by atoms with Crippen molar-refractivity contribution in [2.24, 2.45) is 17.1 Å². The molecule has 1 rings (SSSR count). The zero-order chi connectivity index (χ0) is 10.1. The van der Waals surface area contributed by atoms with Crippen molar-refractivity contribution in [2.75, 3.05) is 0 Å². The zero-order valence-electron chi connectivity index (χ0n) is 8.09. The van der Waals surface area contributed by atoms with Crippen LogP contribution >= 0.6 is 0 Å². The Morgan fingerprint density at radius 3 is 2.23 bits per heavy atom. The summed E-state index contributed by atoms with van der Waals surface area (Å²) in [5.41, 5.74) is 4.41. The van der Waals surface area contributed by atoms with Crippen LogP contribution in [-0.4, -0.2) is 11.9 Å². The van der Waals surface area contributed by atoms with E-state index in [2.05, 4.69) is 5.32 Å². The molecule has 0 unspecified atom stereocenters. The lowest BCUT2D eigenvalue weighted by Gasteiger charge is -2.38. The summed E-state index contributed by atoms with van der Waals surface area (Å²) in [7, 11) is 0. The summed E-state index contributed by atoms with van der Waals surface area (Å²) in [5, 5.41) is 2.13. The van der Waals surface area contributed by atoms with Crippen molar-refractivity contribution >= 4 is 11.9 Å². The first kappa shape index (κ1) is 10.0. The lowest BCUT2D eigenvalue weighted by Crippen LogP contribution is -2.47. The van der Waals surface area contributed by atoms with Crippen LogP contribution in [0.15, 0.2) is 0 Å². The van der Waals surface area contributed by atoms with Crippen LogP contribution < -0.4 is 11.1 Å². The van der Waals surface area contributed by atoms with Gasteiger partial charge >= 0.3 is 6.03 Å². The van der Waals surface area contributed by atoms with Gasteiger partial charge in [0.05, 0.1) is 0 Å². The molecule has 74 valence electrons. The van der Waals surface area contributed by atoms with Gasteiger partial charge in [0, 0.05) is 5.41 Å². The third-order valence-electron chi connectivity index (χ3n) is 2.95. The molecule has 1 fully saturated rings. The molecule has 4 nitrogen and oxygen atoms in total. The van der Waals surface area contributed by atoms with E-state index < -0.39 is 11.4 Å². The van der Waals surface area contributed by atoms with Crippen molar-refractivity contribution in [1.29, 1.82) is 0 Å². The summed E-state index contributed by atoms with van der Waals surface area (Å²) >= 11 is 0. The Hall–Kier alpha value is -1.06. The van der Waals surface area contributed by atoms with Crippen LogP contribution in [0.3, 0.4) is 0 Å². The number of hydrogen-bond donors (Lipinski definition) is 2. The van der Waals surface area contributed by atoms with Crippen LogP contribution in [0.25, 0.3) is 0 Å². The molecule has 4 heteroatoms. The second-order valence-corrected chi connectivity index (χ2v) is 4.17. The molecule has 0 spiro atoms. The van der Waals surface area contributed by atoms with Gasteiger partial charge in [0.1, 0.15) is 0 Å². The van der Waals surface area contributed by atoms with Crippen molar-refractivity contribution < 1.29 is 9.59 Å². The van der Waals surface area contributed by atoms with E-state index in [1.807, 2.05) is 13.8 Å². The summed E-state index contributed by atoms with van der Waals surface area (Å²) in [6.07, 6.45) is 3.32. The predicted molar refractivity (Wildman–Crippen MR) is 48.8 cm³/mol. The Morgan fingerprint density at radius 1 is 1.38 bits per heavy atom. The number of carbonyl (C=O) groups excluding carboxylic acids is 2. The fourth-order valence-corrected chi connectivity index (χ4v) is 1.59. The van der Waals surface area contributed by atoms with Crippen LogP contribution in [0.2, 0.25) is 0 Å². The molecule has 3 amide bonds. The quantitative estimate of drug-likeness (QED) is 0.672. The minimum atomic E-state index is -0.766. The van der Waals surface area contributed by atoms with E-state index in [4.69, 9.17) is 5.73 Å². The number of urea groups is 1. The molecule has 1 saturated carbocycles. The molecule has 0 atom stereocenters. The Morgan fingerprint density at radius 2 is 1.92 bits per heavy atom. The molecule has 1 aliphatic carbocycles. The molecule has 13 heavy (non-hydrogen) atoms. The Balaban J connectivity index is 2.56. The Kier molecular flexibility index (Phi) is 2.59. The third-order valence-corrected chi connectivity index (χ3v) is 2.95. The highest BCUT2D eigenvalue weighted by Crippen LogP contribution is 2.41. The van der Waals surface area contributed by atoms with Gasteiger partial charge in [-0.05, 0) is 18.8 Å². The monoisotopic (exact) mass is 184 g/mol. The average molecular weight is 184 g/mol. The lowest BCUT2D eigenvalue weighted by atomic mass is 9.67. The number of rotatable bonds is 2. The van der Waals surface area contributed by atoms with Gasteiger partial charge in [-0.3, -0.25) is 10.1 Å². The maximum absolute atomic E-state index is 11.5. The number of amides is 3. The summed E-state index contributed by atoms with van der Waals surface area (Å²) < 4.78 is 0. The molecular weight excluding hydrogens is 168 g/mol. The van der Waals surface area contributed by atoms with Gasteiger partial charge in [0.25, 0.3) is 0 Å². The first-order chi connectivity index (χ1) is 5.94. The number of primary amides is 1. The molecule has 0 aromatic carbocycles. The maximum Gasteiger partial charge on any atom is 0.318 e. The topological polar surface area (TPSA) is 72.2 Å². The summed E-state index contributed by atoms with van der Waals surface area (Å²) in [6, 6.07) is -0.766. The Bertz CT molecular complexity index is 232. The first-order valence-corrected chi connectivity index (χ1v) is 4.55. The van der Waals surface area contributed by atoms with E-state index in [0.717, 1.165) is 12.8 Å². The molecule has 0 bridgehead atoms. The van der Waals surface area contributed by atoms with Gasteiger partial charge in [-0.25, -0.2) is 4.79 Å². The van der Waals surface area contributed by atoms with Gasteiger partial charge in [-0.2, -0.15) is 0 Å². The van der Waals surface area contributed by atoms with Gasteiger partial charge < -0.3 is 5.73 Å². The second kappa shape index (κ2) is 3.36. The van der Waals surface area contributed by atoms with Gasteiger partial charge in [-0.1, -0.05) is 20.3 Å². The van der Waals surface area contributed by atoms with Crippen molar-refractivity contribution in [3.8, 4) is 0 Å². The highest BCUT2D eigenvalue weighted by molar-refractivity contribution is 5.96. The summed E-state index contributed by atoms with van der Waals surface area (Å²) in [6.45, 7) is 3.71. The standard InChI is InChI=1S/C9H16N2O2/c1-9(2,6-4-3-5-6)7(12)11-8(10)13/h6H,3-5H2,1-2H3,(H3,10,11,12,13). The SMILES string of the molecule is CC(C)(C(=O)NC(N)=O)C1CCC1. The van der Waals surface area contributed by atoms with E-state index in [1.54, 1.807) is 0 Å². The van der Waals surface area contributed by atoms with Crippen molar-refractivity contribution in [3.63, 3.8) is 0 Å². The van der Waals surface area contributed by atoms with E-state index in [0.29, 0.717) is 5.92 Å². The molecule has 0 heterocycles. The average Bonchev–Trinajstić information content (AvgIpc) is 1.79. The maximum atomic E-state index is 11.5. The molecule has 0 aromatic heterocycles. The van der Waals surface area contributed by atoms with E-state index in [9.17, 15) is 9.59 Å². The van der Waals surface area contributed by atoms with Gasteiger partial charge in [-0.15, -0.1) is 0 Å². The van der Waals surface area contributed by atoms with Gasteiger partial charge in [0.15, 0.2) is 0 Å². The highest BCUT2D eigenvalue weighted by Gasteiger charge is 2.40. The van der Waals surface area contributed by atoms with Crippen LogP contribution in [-0.2, 0) is 4.79 Å². The normalized spacial score (nSPS) is 17.7. The predicted octanol–water partition coefficient (Wildman–Crippen LogP) is 1.01. The smallest absolute Gasteiger partial charge is 0.318 e. The van der Waals surface area contributed by atoms with Crippen LogP contribution in [0.1, 0.15) is 33.1 Å². The summed E-state index contributed by atoms with van der Waals surface area (Å²) in [4.78, 5) is 22.0. The summed E-state index contributed by atoms with van der Waals surface area (Å²) in [5.74, 6) is 0.136. The minimum Gasteiger partial charge on any atom is -0.351 e. The van der Waals surface area contributed by atoms with Crippen LogP contribution in [0.4, 0.5) is 4.79 Å². The number of nitrogens with two attached hydrogens (primary N) is 1. The molecule has 0 aliphatic heterocycles. The third kappa shape index (κ3) is 1.99. The largest absolute Gasteiger partial charge is 0.351 e. The van der Waals surface area contributed by atoms with E-state index in [1.165, 1.54) is 6.42 Å². The zero-order valence-corrected chi connectivity index (χ0v) is 8.09. The first-order valence-electron chi connectivity index (χ1n) is 4.55. The minimum absolute atomic E-state index is 0.260. The molecule has 0 radical (unpaired) electrons. The highest BCUT2D eigenvalue weighted by atomic mass is 16.2. The lowest BCUT2D eigenvalue weighted by molar-refractivity contribution is -0.132. The van der Waals surface area contributed by atoms with Gasteiger partial charge in [0.2, 0.25) is 5.91 Å². The number of nitrogens with one attached hydrogen (secondary N) is 1. The fraction of sp³-hybridized carbons (Fsp3) is 0.778.